The Balaban J connectivity index is 1.69. The van der Waals surface area contributed by atoms with Crippen LogP contribution in [0.15, 0.2) is 48.7 Å². The summed E-state index contributed by atoms with van der Waals surface area (Å²) in [5.41, 5.74) is 9.11. The Labute approximate surface area is 163 Å². The van der Waals surface area contributed by atoms with E-state index in [-0.39, 0.29) is 5.91 Å². The van der Waals surface area contributed by atoms with Crippen LogP contribution in [0.3, 0.4) is 0 Å². The van der Waals surface area contributed by atoms with E-state index in [1.54, 1.807) is 17.0 Å². The average molecular weight is 374 g/mol. The summed E-state index contributed by atoms with van der Waals surface area (Å²) in [6.07, 6.45) is 2.24. The van der Waals surface area contributed by atoms with Crippen LogP contribution in [0.2, 0.25) is 0 Å². The summed E-state index contributed by atoms with van der Waals surface area (Å²) in [5.74, 6) is 1.91. The van der Waals surface area contributed by atoms with Gasteiger partial charge in [-0.1, -0.05) is 30.3 Å². The second kappa shape index (κ2) is 7.26. The molecule has 0 fully saturated rings. The summed E-state index contributed by atoms with van der Waals surface area (Å²) in [6, 6.07) is 13.2. The lowest BCUT2D eigenvalue weighted by atomic mass is 10.0. The van der Waals surface area contributed by atoms with Gasteiger partial charge in [0.15, 0.2) is 5.82 Å². The zero-order chi connectivity index (χ0) is 19.7. The van der Waals surface area contributed by atoms with Crippen molar-refractivity contribution in [2.24, 2.45) is 0 Å². The smallest absolute Gasteiger partial charge is 0.255 e. The van der Waals surface area contributed by atoms with E-state index >= 15 is 0 Å². The first-order valence-corrected chi connectivity index (χ1v) is 9.16. The van der Waals surface area contributed by atoms with E-state index < -0.39 is 0 Å². The van der Waals surface area contributed by atoms with E-state index in [1.807, 2.05) is 49.3 Å². The highest BCUT2D eigenvalue weighted by atomic mass is 16.2. The van der Waals surface area contributed by atoms with Gasteiger partial charge in [0.2, 0.25) is 0 Å². The highest BCUT2D eigenvalue weighted by Gasteiger charge is 2.27. The van der Waals surface area contributed by atoms with Crippen LogP contribution in [0, 0.1) is 0 Å². The number of nitrogens with zero attached hydrogens (tertiary/aromatic N) is 5. The second-order valence-corrected chi connectivity index (χ2v) is 7.00. The number of pyridine rings is 1. The van der Waals surface area contributed by atoms with Crippen LogP contribution in [0.4, 0.5) is 11.6 Å². The predicted molar refractivity (Wildman–Crippen MR) is 109 cm³/mol. The molecule has 0 radical (unpaired) electrons. The van der Waals surface area contributed by atoms with E-state index in [4.69, 9.17) is 15.7 Å². The van der Waals surface area contributed by atoms with Crippen LogP contribution in [0.5, 0.6) is 0 Å². The number of hydrogen-bond donors (Lipinski definition) is 1. The number of hydrogen-bond acceptors (Lipinski definition) is 6. The molecule has 1 aliphatic rings. The van der Waals surface area contributed by atoms with Gasteiger partial charge in [-0.15, -0.1) is 0 Å². The molecule has 1 aromatic carbocycles. The lowest BCUT2D eigenvalue weighted by molar-refractivity contribution is 0.0731. The minimum atomic E-state index is -0.0653. The van der Waals surface area contributed by atoms with Crippen molar-refractivity contribution in [1.29, 1.82) is 0 Å². The molecule has 7 nitrogen and oxygen atoms in total. The van der Waals surface area contributed by atoms with Crippen molar-refractivity contribution < 1.29 is 4.79 Å². The highest BCUT2D eigenvalue weighted by molar-refractivity contribution is 5.94. The molecule has 4 rings (SSSR count). The normalized spacial score (nSPS) is 13.1. The van der Waals surface area contributed by atoms with Crippen molar-refractivity contribution in [1.82, 2.24) is 19.9 Å². The Hall–Kier alpha value is -3.48. The summed E-state index contributed by atoms with van der Waals surface area (Å²) < 4.78 is 0. The maximum Gasteiger partial charge on any atom is 0.255 e. The lowest BCUT2D eigenvalue weighted by Gasteiger charge is -2.30. The molecular weight excluding hydrogens is 352 g/mol. The Morgan fingerprint density at radius 2 is 1.89 bits per heavy atom. The fourth-order valence-corrected chi connectivity index (χ4v) is 3.38. The number of amides is 1. The van der Waals surface area contributed by atoms with Gasteiger partial charge in [0.05, 0.1) is 17.8 Å². The highest BCUT2D eigenvalue weighted by Crippen LogP contribution is 2.29. The molecule has 0 spiro atoms. The fourth-order valence-electron chi connectivity index (χ4n) is 3.38. The number of carbonyl (C=O) groups excluding carboxylic acids is 1. The van der Waals surface area contributed by atoms with Crippen molar-refractivity contribution in [3.05, 3.63) is 65.5 Å². The van der Waals surface area contributed by atoms with Crippen molar-refractivity contribution >= 4 is 17.5 Å². The van der Waals surface area contributed by atoms with Crippen LogP contribution >= 0.6 is 0 Å². The van der Waals surface area contributed by atoms with Crippen molar-refractivity contribution in [2.75, 3.05) is 31.3 Å². The van der Waals surface area contributed by atoms with Crippen LogP contribution in [-0.4, -0.2) is 46.4 Å². The first-order valence-electron chi connectivity index (χ1n) is 9.16. The van der Waals surface area contributed by atoms with Gasteiger partial charge in [-0.2, -0.15) is 0 Å². The number of nitrogen functional groups attached to an aromatic ring is 1. The van der Waals surface area contributed by atoms with Crippen molar-refractivity contribution in [3.63, 3.8) is 0 Å². The number of aromatic nitrogens is 3. The first-order chi connectivity index (χ1) is 13.5. The topological polar surface area (TPSA) is 88.2 Å². The van der Waals surface area contributed by atoms with Crippen LogP contribution in [0.25, 0.3) is 11.4 Å². The molecular formula is C21H22N6O. The van der Waals surface area contributed by atoms with Gasteiger partial charge in [0.25, 0.3) is 5.91 Å². The summed E-state index contributed by atoms with van der Waals surface area (Å²) >= 11 is 0. The monoisotopic (exact) mass is 374 g/mol. The minimum absolute atomic E-state index is 0.0653. The molecule has 7 heteroatoms. The van der Waals surface area contributed by atoms with Gasteiger partial charge in [0.1, 0.15) is 11.6 Å². The molecule has 0 aliphatic carbocycles. The summed E-state index contributed by atoms with van der Waals surface area (Å²) in [4.78, 5) is 30.3. The number of benzene rings is 1. The van der Waals surface area contributed by atoms with Gasteiger partial charge in [0, 0.05) is 38.0 Å². The molecule has 1 aliphatic heterocycles. The predicted octanol–water partition coefficient (Wildman–Crippen LogP) is 2.39. The zero-order valence-electron chi connectivity index (χ0n) is 16.0. The standard InChI is InChI=1S/C21H22N6O/c1-26(2)20-16-10-11-27(21(28)15-8-9-18(22)23-12-15)13-17(16)24-19(25-20)14-6-4-3-5-7-14/h3-9,12H,10-11,13H2,1-2H3,(H2,22,23). The van der Waals surface area contributed by atoms with E-state index in [9.17, 15) is 4.79 Å². The van der Waals surface area contributed by atoms with E-state index in [0.717, 1.165) is 22.6 Å². The number of nitrogens with two attached hydrogens (primary N) is 1. The van der Waals surface area contributed by atoms with Crippen molar-refractivity contribution in [3.8, 4) is 11.4 Å². The molecule has 0 bridgehead atoms. The van der Waals surface area contributed by atoms with Crippen molar-refractivity contribution in [2.45, 2.75) is 13.0 Å². The van der Waals surface area contributed by atoms with E-state index in [0.29, 0.717) is 36.7 Å². The Morgan fingerprint density at radius 3 is 2.57 bits per heavy atom. The molecule has 3 heterocycles. The van der Waals surface area contributed by atoms with E-state index in [1.165, 1.54) is 6.20 Å². The molecule has 28 heavy (non-hydrogen) atoms. The number of carbonyl (C=O) groups is 1. The average Bonchev–Trinajstić information content (AvgIpc) is 2.73. The Kier molecular flexibility index (Phi) is 4.65. The third kappa shape index (κ3) is 3.38. The maximum atomic E-state index is 12.9. The molecule has 3 aromatic rings. The van der Waals surface area contributed by atoms with Gasteiger partial charge >= 0.3 is 0 Å². The maximum absolute atomic E-state index is 12.9. The molecule has 2 aromatic heterocycles. The van der Waals surface area contributed by atoms with Crippen LogP contribution in [-0.2, 0) is 13.0 Å². The zero-order valence-corrected chi connectivity index (χ0v) is 16.0. The summed E-state index contributed by atoms with van der Waals surface area (Å²) in [5, 5.41) is 0. The summed E-state index contributed by atoms with van der Waals surface area (Å²) in [7, 11) is 3.96. The second-order valence-electron chi connectivity index (χ2n) is 7.00. The largest absolute Gasteiger partial charge is 0.384 e. The minimum Gasteiger partial charge on any atom is -0.384 e. The molecule has 2 N–H and O–H groups in total. The third-order valence-corrected chi connectivity index (χ3v) is 4.82. The Bertz CT molecular complexity index is 1000. The molecule has 0 saturated heterocycles. The van der Waals surface area contributed by atoms with Gasteiger partial charge in [-0.05, 0) is 18.6 Å². The number of rotatable bonds is 3. The number of anilines is 2. The van der Waals surface area contributed by atoms with Gasteiger partial charge < -0.3 is 15.5 Å². The Morgan fingerprint density at radius 1 is 1.11 bits per heavy atom. The molecule has 0 atom stereocenters. The molecule has 142 valence electrons. The molecule has 0 unspecified atom stereocenters. The lowest BCUT2D eigenvalue weighted by Crippen LogP contribution is -2.37. The van der Waals surface area contributed by atoms with Gasteiger partial charge in [-0.25, -0.2) is 15.0 Å². The summed E-state index contributed by atoms with van der Waals surface area (Å²) in [6.45, 7) is 1.06. The molecule has 1 amide bonds. The SMILES string of the molecule is CN(C)c1nc(-c2ccccc2)nc2c1CCN(C(=O)c1ccc(N)nc1)C2. The fraction of sp³-hybridized carbons (Fsp3) is 0.238. The van der Waals surface area contributed by atoms with Crippen LogP contribution < -0.4 is 10.6 Å². The van der Waals surface area contributed by atoms with E-state index in [2.05, 4.69) is 4.98 Å². The third-order valence-electron chi connectivity index (χ3n) is 4.82. The number of fused-ring (bicyclic) bond motifs is 1. The van der Waals surface area contributed by atoms with Gasteiger partial charge in [-0.3, -0.25) is 4.79 Å². The molecule has 0 saturated carbocycles. The quantitative estimate of drug-likeness (QED) is 0.757. The first kappa shape index (κ1) is 17.9. The van der Waals surface area contributed by atoms with Crippen LogP contribution in [0.1, 0.15) is 21.6 Å².